The molecule has 0 N–H and O–H groups in total. The third-order valence-corrected chi connectivity index (χ3v) is 5.15. The summed E-state index contributed by atoms with van der Waals surface area (Å²) in [7, 11) is 0. The van der Waals surface area contributed by atoms with E-state index in [1.54, 1.807) is 0 Å². The van der Waals surface area contributed by atoms with E-state index < -0.39 is 0 Å². The molecule has 0 spiro atoms. The van der Waals surface area contributed by atoms with Crippen molar-refractivity contribution in [2.45, 2.75) is 73.7 Å². The summed E-state index contributed by atoms with van der Waals surface area (Å²) in [5.41, 5.74) is -0.0138. The molecule has 3 unspecified atom stereocenters. The fourth-order valence-corrected chi connectivity index (χ4v) is 2.87. The highest BCUT2D eigenvalue weighted by atomic mass is 16.6. The Labute approximate surface area is 178 Å². The maximum absolute atomic E-state index is 6.08. The van der Waals surface area contributed by atoms with E-state index in [0.717, 1.165) is 0 Å². The average molecular weight is 419 g/mol. The van der Waals surface area contributed by atoms with Crippen molar-refractivity contribution in [3.05, 3.63) is 0 Å². The third-order valence-electron chi connectivity index (χ3n) is 5.15. The summed E-state index contributed by atoms with van der Waals surface area (Å²) >= 11 is 0. The van der Waals surface area contributed by atoms with Crippen LogP contribution in [0, 0.1) is 16.7 Å². The summed E-state index contributed by atoms with van der Waals surface area (Å²) in [4.78, 5) is 0. The number of hydrogen-bond donors (Lipinski definition) is 0. The van der Waals surface area contributed by atoms with E-state index in [4.69, 9.17) is 28.4 Å². The van der Waals surface area contributed by atoms with E-state index in [0.29, 0.717) is 65.4 Å². The first-order valence-electron chi connectivity index (χ1n) is 11.1. The van der Waals surface area contributed by atoms with Crippen molar-refractivity contribution >= 4 is 0 Å². The Bertz CT molecular complexity index is 379. The van der Waals surface area contributed by atoms with E-state index >= 15 is 0 Å². The molecule has 29 heavy (non-hydrogen) atoms. The van der Waals surface area contributed by atoms with Crippen LogP contribution in [0.1, 0.15) is 55.4 Å². The van der Waals surface area contributed by atoms with Gasteiger partial charge in [0.1, 0.15) is 0 Å². The minimum Gasteiger partial charge on any atom is -0.376 e. The lowest BCUT2D eigenvalue weighted by atomic mass is 9.89. The van der Waals surface area contributed by atoms with Crippen LogP contribution in [0.5, 0.6) is 0 Å². The van der Waals surface area contributed by atoms with Gasteiger partial charge in [0.25, 0.3) is 0 Å². The summed E-state index contributed by atoms with van der Waals surface area (Å²) in [5.74, 6) is 0.378. The van der Waals surface area contributed by atoms with Gasteiger partial charge in [0.2, 0.25) is 0 Å². The molecule has 1 fully saturated rings. The van der Waals surface area contributed by atoms with E-state index in [9.17, 15) is 0 Å². The molecule has 0 amide bonds. The first-order valence-corrected chi connectivity index (χ1v) is 11.1. The third kappa shape index (κ3) is 11.7. The molecule has 0 aromatic heterocycles. The minimum absolute atomic E-state index is 0.00359. The lowest BCUT2D eigenvalue weighted by molar-refractivity contribution is -0.122. The molecule has 1 heterocycles. The highest BCUT2D eigenvalue weighted by Crippen LogP contribution is 2.24. The van der Waals surface area contributed by atoms with Crippen molar-refractivity contribution < 1.29 is 28.4 Å². The largest absolute Gasteiger partial charge is 0.376 e. The van der Waals surface area contributed by atoms with Crippen LogP contribution < -0.4 is 0 Å². The maximum Gasteiger partial charge on any atom is 0.0857 e. The van der Waals surface area contributed by atoms with Gasteiger partial charge in [-0.3, -0.25) is 0 Å². The number of ether oxygens (including phenoxy) is 6. The Balaban J connectivity index is 2.68. The Morgan fingerprint density at radius 1 is 0.552 bits per heavy atom. The molecule has 6 nitrogen and oxygen atoms in total. The Morgan fingerprint density at radius 3 is 1.31 bits per heavy atom. The first kappa shape index (κ1) is 26.8. The fourth-order valence-electron chi connectivity index (χ4n) is 2.87. The zero-order valence-electron chi connectivity index (χ0n) is 20.1. The van der Waals surface area contributed by atoms with Gasteiger partial charge in [-0.25, -0.2) is 0 Å². The van der Waals surface area contributed by atoms with Gasteiger partial charge in [-0.05, 0) is 16.7 Å². The molecule has 0 aromatic carbocycles. The second kappa shape index (κ2) is 13.2. The Hall–Kier alpha value is -0.240. The normalized spacial score (nSPS) is 28.7. The van der Waals surface area contributed by atoms with Crippen LogP contribution in [0.15, 0.2) is 0 Å². The van der Waals surface area contributed by atoms with Gasteiger partial charge in [0.15, 0.2) is 0 Å². The van der Waals surface area contributed by atoms with Crippen LogP contribution in [0.25, 0.3) is 0 Å². The Morgan fingerprint density at radius 2 is 0.931 bits per heavy atom. The molecule has 0 aromatic rings. The van der Waals surface area contributed by atoms with Crippen molar-refractivity contribution in [3.8, 4) is 0 Å². The van der Waals surface area contributed by atoms with Gasteiger partial charge in [0, 0.05) is 0 Å². The summed E-state index contributed by atoms with van der Waals surface area (Å²) in [5, 5.41) is 0. The molecular formula is C23H46O6. The van der Waals surface area contributed by atoms with E-state index in [2.05, 4.69) is 55.4 Å². The number of rotatable bonds is 1. The Kier molecular flexibility index (Phi) is 12.2. The van der Waals surface area contributed by atoms with Crippen molar-refractivity contribution in [2.75, 3.05) is 59.5 Å². The smallest absolute Gasteiger partial charge is 0.0857 e. The molecule has 0 bridgehead atoms. The van der Waals surface area contributed by atoms with Crippen LogP contribution >= 0.6 is 0 Å². The van der Waals surface area contributed by atoms with Crippen molar-refractivity contribution in [3.63, 3.8) is 0 Å². The molecule has 6 heteroatoms. The average Bonchev–Trinajstić information content (AvgIpc) is 2.59. The van der Waals surface area contributed by atoms with Crippen LogP contribution in [0.4, 0.5) is 0 Å². The van der Waals surface area contributed by atoms with Crippen LogP contribution in [-0.2, 0) is 28.4 Å². The SMILES string of the molecule is CC(C)C1COCCOC(C(C)(C)C)COCCOC(C(C)(C)C)COCCO1. The second-order valence-electron chi connectivity index (χ2n) is 10.3. The standard InChI is InChI=1S/C23H46O6/c1-18(2)19-15-24-10-13-28-21(23(6,7)8)17-26-11-14-29-20(22(3,4)5)16-25-9-12-27-19/h18-21H,9-17H2,1-8H3. The predicted molar refractivity (Wildman–Crippen MR) is 115 cm³/mol. The van der Waals surface area contributed by atoms with Gasteiger partial charge in [0.05, 0.1) is 77.8 Å². The number of hydrogen-bond acceptors (Lipinski definition) is 6. The monoisotopic (exact) mass is 418 g/mol. The van der Waals surface area contributed by atoms with Gasteiger partial charge >= 0.3 is 0 Å². The van der Waals surface area contributed by atoms with Crippen molar-refractivity contribution in [1.82, 2.24) is 0 Å². The minimum atomic E-state index is -0.00689. The maximum atomic E-state index is 6.08. The topological polar surface area (TPSA) is 55.4 Å². The zero-order valence-corrected chi connectivity index (χ0v) is 20.1. The van der Waals surface area contributed by atoms with Gasteiger partial charge in [-0.15, -0.1) is 0 Å². The van der Waals surface area contributed by atoms with Gasteiger partial charge < -0.3 is 28.4 Å². The molecule has 1 saturated heterocycles. The van der Waals surface area contributed by atoms with E-state index in [-0.39, 0.29) is 29.1 Å². The highest BCUT2D eigenvalue weighted by Gasteiger charge is 2.27. The lowest BCUT2D eigenvalue weighted by Crippen LogP contribution is -2.37. The van der Waals surface area contributed by atoms with E-state index in [1.807, 2.05) is 0 Å². The molecule has 0 aliphatic carbocycles. The zero-order chi connectivity index (χ0) is 21.9. The van der Waals surface area contributed by atoms with Crippen molar-refractivity contribution in [2.24, 2.45) is 16.7 Å². The summed E-state index contributed by atoms with van der Waals surface area (Å²) in [6, 6.07) is 0. The molecule has 0 saturated carbocycles. The molecule has 1 aliphatic heterocycles. The summed E-state index contributed by atoms with van der Waals surface area (Å²) in [6.07, 6.45) is 0.0571. The highest BCUT2D eigenvalue weighted by molar-refractivity contribution is 4.76. The van der Waals surface area contributed by atoms with Gasteiger partial charge in [-0.1, -0.05) is 55.4 Å². The van der Waals surface area contributed by atoms with Crippen LogP contribution in [-0.4, -0.2) is 77.8 Å². The molecule has 174 valence electrons. The molecule has 1 rings (SSSR count). The molecular weight excluding hydrogens is 372 g/mol. The lowest BCUT2D eigenvalue weighted by Gasteiger charge is -2.32. The van der Waals surface area contributed by atoms with Gasteiger partial charge in [-0.2, -0.15) is 0 Å². The fraction of sp³-hybridized carbons (Fsp3) is 1.00. The summed E-state index contributed by atoms with van der Waals surface area (Å²) in [6.45, 7) is 22.2. The van der Waals surface area contributed by atoms with E-state index in [1.165, 1.54) is 0 Å². The molecule has 3 atom stereocenters. The quantitative estimate of drug-likeness (QED) is 0.643. The van der Waals surface area contributed by atoms with Crippen LogP contribution in [0.3, 0.4) is 0 Å². The second-order valence-corrected chi connectivity index (χ2v) is 10.3. The first-order chi connectivity index (χ1) is 13.5. The molecule has 1 aliphatic rings. The molecule has 0 radical (unpaired) electrons. The summed E-state index contributed by atoms with van der Waals surface area (Å²) < 4.78 is 35.7. The van der Waals surface area contributed by atoms with Crippen LogP contribution in [0.2, 0.25) is 0 Å². The van der Waals surface area contributed by atoms with Crippen molar-refractivity contribution in [1.29, 1.82) is 0 Å². The predicted octanol–water partition coefficient (Wildman–Crippen LogP) is 3.95.